The molecule has 22 heavy (non-hydrogen) atoms. The zero-order valence-electron chi connectivity index (χ0n) is 12.9. The van der Waals surface area contributed by atoms with Gasteiger partial charge in [-0.2, -0.15) is 0 Å². The molecular formula is C15H20N4O3. The van der Waals surface area contributed by atoms with Crippen LogP contribution >= 0.6 is 0 Å². The van der Waals surface area contributed by atoms with E-state index in [2.05, 4.69) is 10.6 Å². The minimum atomic E-state index is -0.377. The molecule has 2 rings (SSSR count). The number of aromatic nitrogens is 2. The Bertz CT molecular complexity index is 758. The Morgan fingerprint density at radius 1 is 1.14 bits per heavy atom. The standard InChI is InChI=1S/C15H20N4O3/c1-10(2)17-13(20)8-16-14(21)9-19-12-7-5-4-6-11(12)18(3)15(19)22/h4-7,10H,8-9H2,1-3H3,(H,16,21)(H,17,20). The highest BCUT2D eigenvalue weighted by atomic mass is 16.2. The molecule has 0 aliphatic carbocycles. The van der Waals surface area contributed by atoms with Crippen molar-refractivity contribution in [2.24, 2.45) is 7.05 Å². The van der Waals surface area contributed by atoms with Gasteiger partial charge in [0, 0.05) is 13.1 Å². The summed E-state index contributed by atoms with van der Waals surface area (Å²) in [7, 11) is 1.66. The van der Waals surface area contributed by atoms with Crippen molar-refractivity contribution in [2.75, 3.05) is 6.54 Å². The van der Waals surface area contributed by atoms with E-state index < -0.39 is 0 Å². The van der Waals surface area contributed by atoms with Gasteiger partial charge >= 0.3 is 5.69 Å². The van der Waals surface area contributed by atoms with Crippen LogP contribution in [0.2, 0.25) is 0 Å². The van der Waals surface area contributed by atoms with Crippen molar-refractivity contribution in [2.45, 2.75) is 26.4 Å². The van der Waals surface area contributed by atoms with Crippen molar-refractivity contribution in [1.29, 1.82) is 0 Å². The number of fused-ring (bicyclic) bond motifs is 1. The number of nitrogens with one attached hydrogen (secondary N) is 2. The second-order valence-corrected chi connectivity index (χ2v) is 5.42. The molecular weight excluding hydrogens is 284 g/mol. The first-order valence-corrected chi connectivity index (χ1v) is 7.10. The van der Waals surface area contributed by atoms with Crippen LogP contribution in [0, 0.1) is 0 Å². The van der Waals surface area contributed by atoms with Crippen LogP contribution in [0.3, 0.4) is 0 Å². The van der Waals surface area contributed by atoms with Crippen LogP contribution in [0.5, 0.6) is 0 Å². The number of hydrogen-bond donors (Lipinski definition) is 2. The fourth-order valence-corrected chi connectivity index (χ4v) is 2.27. The summed E-state index contributed by atoms with van der Waals surface area (Å²) in [5.41, 5.74) is 1.19. The van der Waals surface area contributed by atoms with Crippen molar-refractivity contribution < 1.29 is 9.59 Å². The van der Waals surface area contributed by atoms with Gasteiger partial charge in [0.1, 0.15) is 6.54 Å². The SMILES string of the molecule is CC(C)NC(=O)CNC(=O)Cn1c(=O)n(C)c2ccccc21. The largest absolute Gasteiger partial charge is 0.352 e. The second-order valence-electron chi connectivity index (χ2n) is 5.42. The number of hydrogen-bond acceptors (Lipinski definition) is 3. The molecule has 0 saturated heterocycles. The molecule has 0 radical (unpaired) electrons. The molecule has 1 aromatic carbocycles. The van der Waals surface area contributed by atoms with E-state index in [-0.39, 0.29) is 36.6 Å². The smallest absolute Gasteiger partial charge is 0.329 e. The lowest BCUT2D eigenvalue weighted by atomic mass is 10.3. The van der Waals surface area contributed by atoms with Crippen LogP contribution in [0.25, 0.3) is 11.0 Å². The summed E-state index contributed by atoms with van der Waals surface area (Å²) in [6.45, 7) is 3.47. The zero-order valence-corrected chi connectivity index (χ0v) is 12.9. The molecule has 0 aliphatic heterocycles. The molecule has 0 unspecified atom stereocenters. The molecule has 0 fully saturated rings. The van der Waals surface area contributed by atoms with Crippen molar-refractivity contribution >= 4 is 22.8 Å². The topological polar surface area (TPSA) is 85.1 Å². The normalized spacial score (nSPS) is 10.9. The molecule has 0 aliphatic rings. The minimum Gasteiger partial charge on any atom is -0.352 e. The van der Waals surface area contributed by atoms with Crippen LogP contribution < -0.4 is 16.3 Å². The van der Waals surface area contributed by atoms with Crippen molar-refractivity contribution in [3.63, 3.8) is 0 Å². The first-order chi connectivity index (χ1) is 10.4. The Kier molecular flexibility index (Phi) is 4.65. The van der Waals surface area contributed by atoms with Gasteiger partial charge in [-0.25, -0.2) is 4.79 Å². The highest BCUT2D eigenvalue weighted by molar-refractivity contribution is 5.85. The number of para-hydroxylation sites is 2. The molecule has 1 aromatic heterocycles. The number of nitrogens with zero attached hydrogens (tertiary/aromatic N) is 2. The summed E-state index contributed by atoms with van der Waals surface area (Å²) >= 11 is 0. The molecule has 7 heteroatoms. The van der Waals surface area contributed by atoms with E-state index >= 15 is 0 Å². The molecule has 0 bridgehead atoms. The lowest BCUT2D eigenvalue weighted by Gasteiger charge is -2.09. The summed E-state index contributed by atoms with van der Waals surface area (Å²) in [6, 6.07) is 7.27. The van der Waals surface area contributed by atoms with E-state index in [4.69, 9.17) is 0 Å². The third kappa shape index (κ3) is 3.36. The Balaban J connectivity index is 2.08. The van der Waals surface area contributed by atoms with E-state index in [0.717, 1.165) is 5.52 Å². The number of aryl methyl sites for hydroxylation is 1. The molecule has 2 amide bonds. The van der Waals surface area contributed by atoms with Gasteiger partial charge < -0.3 is 10.6 Å². The second kappa shape index (κ2) is 6.46. The quantitative estimate of drug-likeness (QED) is 0.814. The van der Waals surface area contributed by atoms with E-state index in [1.807, 2.05) is 32.0 Å². The van der Waals surface area contributed by atoms with Gasteiger partial charge in [-0.3, -0.25) is 18.7 Å². The van der Waals surface area contributed by atoms with E-state index in [1.165, 1.54) is 9.13 Å². The summed E-state index contributed by atoms with van der Waals surface area (Å²) in [6.07, 6.45) is 0. The van der Waals surface area contributed by atoms with Gasteiger partial charge in [-0.05, 0) is 26.0 Å². The average molecular weight is 304 g/mol. The van der Waals surface area contributed by atoms with E-state index in [0.29, 0.717) is 5.52 Å². The minimum absolute atomic E-state index is 0.0186. The van der Waals surface area contributed by atoms with Gasteiger partial charge in [0.05, 0.1) is 17.6 Å². The zero-order chi connectivity index (χ0) is 16.3. The average Bonchev–Trinajstić information content (AvgIpc) is 2.70. The number of carbonyl (C=O) groups is 2. The summed E-state index contributed by atoms with van der Waals surface area (Å²) in [5.74, 6) is -0.633. The molecule has 2 N–H and O–H groups in total. The Morgan fingerprint density at radius 3 is 2.41 bits per heavy atom. The molecule has 1 heterocycles. The number of rotatable bonds is 5. The highest BCUT2D eigenvalue weighted by Gasteiger charge is 2.13. The number of carbonyl (C=O) groups excluding carboxylic acids is 2. The maximum absolute atomic E-state index is 12.2. The van der Waals surface area contributed by atoms with Gasteiger partial charge in [-0.15, -0.1) is 0 Å². The van der Waals surface area contributed by atoms with Crippen LogP contribution in [0.1, 0.15) is 13.8 Å². The maximum Gasteiger partial charge on any atom is 0.329 e. The summed E-state index contributed by atoms with van der Waals surface area (Å²) < 4.78 is 2.89. The molecule has 0 atom stereocenters. The van der Waals surface area contributed by atoms with E-state index in [1.54, 1.807) is 13.1 Å². The van der Waals surface area contributed by atoms with Gasteiger partial charge in [0.25, 0.3) is 0 Å². The predicted molar refractivity (Wildman–Crippen MR) is 83.5 cm³/mol. The fourth-order valence-electron chi connectivity index (χ4n) is 2.27. The number of amides is 2. The molecule has 0 spiro atoms. The van der Waals surface area contributed by atoms with Crippen LogP contribution in [-0.4, -0.2) is 33.5 Å². The maximum atomic E-state index is 12.2. The highest BCUT2D eigenvalue weighted by Crippen LogP contribution is 2.10. The lowest BCUT2D eigenvalue weighted by Crippen LogP contribution is -2.41. The fraction of sp³-hybridized carbons (Fsp3) is 0.400. The Labute approximate surface area is 127 Å². The third-order valence-corrected chi connectivity index (χ3v) is 3.25. The van der Waals surface area contributed by atoms with Gasteiger partial charge in [0.15, 0.2) is 0 Å². The predicted octanol–water partition coefficient (Wildman–Crippen LogP) is -0.0192. The van der Waals surface area contributed by atoms with Gasteiger partial charge in [0.2, 0.25) is 11.8 Å². The summed E-state index contributed by atoms with van der Waals surface area (Å²) in [4.78, 5) is 35.6. The van der Waals surface area contributed by atoms with Gasteiger partial charge in [-0.1, -0.05) is 12.1 Å². The van der Waals surface area contributed by atoms with Crippen molar-refractivity contribution in [3.05, 3.63) is 34.7 Å². The molecule has 2 aromatic rings. The van der Waals surface area contributed by atoms with Crippen molar-refractivity contribution in [1.82, 2.24) is 19.8 Å². The Morgan fingerprint density at radius 2 is 1.77 bits per heavy atom. The third-order valence-electron chi connectivity index (χ3n) is 3.25. The van der Waals surface area contributed by atoms with Crippen LogP contribution in [-0.2, 0) is 23.2 Å². The van der Waals surface area contributed by atoms with Crippen LogP contribution in [0.15, 0.2) is 29.1 Å². The summed E-state index contributed by atoms with van der Waals surface area (Å²) in [5, 5.41) is 5.20. The molecule has 0 saturated carbocycles. The van der Waals surface area contributed by atoms with Crippen LogP contribution in [0.4, 0.5) is 0 Å². The monoisotopic (exact) mass is 304 g/mol. The molecule has 7 nitrogen and oxygen atoms in total. The number of imidazole rings is 1. The number of benzene rings is 1. The first kappa shape index (κ1) is 15.8. The lowest BCUT2D eigenvalue weighted by molar-refractivity contribution is -0.126. The molecule has 118 valence electrons. The Hall–Kier alpha value is -2.57. The van der Waals surface area contributed by atoms with Crippen molar-refractivity contribution in [3.8, 4) is 0 Å². The first-order valence-electron chi connectivity index (χ1n) is 7.10. The van der Waals surface area contributed by atoms with E-state index in [9.17, 15) is 14.4 Å².